The van der Waals surface area contributed by atoms with E-state index < -0.39 is 0 Å². The molecule has 0 atom stereocenters. The Kier molecular flexibility index (Phi) is 4.69. The van der Waals surface area contributed by atoms with Gasteiger partial charge in [-0.3, -0.25) is 0 Å². The average molecular weight is 202 g/mol. The molecule has 1 aromatic carbocycles. The summed E-state index contributed by atoms with van der Waals surface area (Å²) < 4.78 is 5.72. The minimum atomic E-state index is 0.887. The van der Waals surface area contributed by atoms with Gasteiger partial charge in [-0.1, -0.05) is 30.7 Å². The van der Waals surface area contributed by atoms with E-state index in [1.54, 1.807) is 0 Å². The summed E-state index contributed by atoms with van der Waals surface area (Å²) >= 11 is 0. The van der Waals surface area contributed by atoms with E-state index in [0.717, 1.165) is 17.9 Å². The van der Waals surface area contributed by atoms with Crippen molar-refractivity contribution in [2.75, 3.05) is 0 Å². The number of ether oxygens (including phenoxy) is 1. The summed E-state index contributed by atoms with van der Waals surface area (Å²) in [4.78, 5) is 0. The van der Waals surface area contributed by atoms with Crippen molar-refractivity contribution in [3.05, 3.63) is 53.8 Å². The molecule has 0 aromatic heterocycles. The number of hydrogen-bond acceptors (Lipinski definition) is 1. The number of aryl methyl sites for hydroxylation is 1. The van der Waals surface area contributed by atoms with Crippen molar-refractivity contribution in [1.82, 2.24) is 0 Å². The summed E-state index contributed by atoms with van der Waals surface area (Å²) in [6.07, 6.45) is 7.00. The number of allylic oxidation sites excluding steroid dienone is 3. The van der Waals surface area contributed by atoms with Crippen molar-refractivity contribution >= 4 is 0 Å². The maximum atomic E-state index is 5.72. The van der Waals surface area contributed by atoms with Gasteiger partial charge in [0.2, 0.25) is 0 Å². The van der Waals surface area contributed by atoms with Crippen LogP contribution in [0.25, 0.3) is 0 Å². The Hall–Kier alpha value is -1.50. The van der Waals surface area contributed by atoms with Gasteiger partial charge in [0.1, 0.15) is 11.5 Å². The van der Waals surface area contributed by atoms with Crippen LogP contribution in [0.4, 0.5) is 0 Å². The lowest BCUT2D eigenvalue weighted by atomic mass is 10.2. The van der Waals surface area contributed by atoms with Crippen molar-refractivity contribution in [3.8, 4) is 5.75 Å². The molecule has 1 heteroatoms. The third-order valence-electron chi connectivity index (χ3n) is 1.99. The van der Waals surface area contributed by atoms with E-state index in [4.69, 9.17) is 4.74 Å². The Morgan fingerprint density at radius 1 is 1.27 bits per heavy atom. The average Bonchev–Trinajstić information content (AvgIpc) is 2.22. The van der Waals surface area contributed by atoms with Crippen LogP contribution in [0.15, 0.2) is 48.3 Å². The first-order chi connectivity index (χ1) is 7.26. The standard InChI is InChI=1S/C14H18O/c1-4-6-13(7-5-2)15-14-10-8-12(3)9-11-14/h4,6-11H,5H2,1-3H3/b6-4-,13-7+. The Bertz CT molecular complexity index is 344. The van der Waals surface area contributed by atoms with Crippen LogP contribution in [0, 0.1) is 6.92 Å². The quantitative estimate of drug-likeness (QED) is 0.524. The Morgan fingerprint density at radius 3 is 2.47 bits per heavy atom. The normalized spacial score (nSPS) is 12.1. The molecule has 0 saturated carbocycles. The van der Waals surface area contributed by atoms with E-state index in [2.05, 4.69) is 32.1 Å². The Balaban J connectivity index is 2.74. The molecule has 0 heterocycles. The highest BCUT2D eigenvalue weighted by Crippen LogP contribution is 2.15. The maximum absolute atomic E-state index is 5.72. The van der Waals surface area contributed by atoms with Gasteiger partial charge in [0.15, 0.2) is 0 Å². The molecule has 0 aliphatic heterocycles. The fraction of sp³-hybridized carbons (Fsp3) is 0.286. The Labute approximate surface area is 92.1 Å². The number of benzene rings is 1. The van der Waals surface area contributed by atoms with Crippen LogP contribution >= 0.6 is 0 Å². The van der Waals surface area contributed by atoms with Crippen LogP contribution in [0.5, 0.6) is 5.75 Å². The molecule has 0 fully saturated rings. The van der Waals surface area contributed by atoms with E-state index in [-0.39, 0.29) is 0 Å². The van der Waals surface area contributed by atoms with Gasteiger partial charge in [-0.2, -0.15) is 0 Å². The van der Waals surface area contributed by atoms with Crippen LogP contribution in [0.1, 0.15) is 25.8 Å². The first kappa shape index (κ1) is 11.6. The highest BCUT2D eigenvalue weighted by molar-refractivity contribution is 5.29. The zero-order chi connectivity index (χ0) is 11.1. The zero-order valence-electron chi connectivity index (χ0n) is 9.66. The molecule has 15 heavy (non-hydrogen) atoms. The first-order valence-corrected chi connectivity index (χ1v) is 5.33. The van der Waals surface area contributed by atoms with Crippen molar-refractivity contribution in [3.63, 3.8) is 0 Å². The Morgan fingerprint density at radius 2 is 1.93 bits per heavy atom. The fourth-order valence-corrected chi connectivity index (χ4v) is 1.25. The predicted octanol–water partition coefficient (Wildman–Crippen LogP) is 4.24. The van der Waals surface area contributed by atoms with Gasteiger partial charge in [-0.25, -0.2) is 0 Å². The molecule has 0 aliphatic rings. The van der Waals surface area contributed by atoms with Crippen molar-refractivity contribution in [2.45, 2.75) is 27.2 Å². The lowest BCUT2D eigenvalue weighted by molar-refractivity contribution is 0.442. The third kappa shape index (κ3) is 4.03. The van der Waals surface area contributed by atoms with Crippen LogP contribution in [0.3, 0.4) is 0 Å². The highest BCUT2D eigenvalue weighted by atomic mass is 16.5. The van der Waals surface area contributed by atoms with Gasteiger partial charge in [-0.15, -0.1) is 0 Å². The molecule has 1 rings (SSSR count). The van der Waals surface area contributed by atoms with E-state index in [1.165, 1.54) is 5.56 Å². The van der Waals surface area contributed by atoms with Gasteiger partial charge in [0.05, 0.1) is 0 Å². The van der Waals surface area contributed by atoms with Crippen molar-refractivity contribution in [1.29, 1.82) is 0 Å². The van der Waals surface area contributed by atoms with E-state index in [0.29, 0.717) is 0 Å². The van der Waals surface area contributed by atoms with Gasteiger partial charge in [0, 0.05) is 0 Å². The molecule has 0 saturated heterocycles. The molecule has 0 amide bonds. The minimum Gasteiger partial charge on any atom is -0.458 e. The summed E-state index contributed by atoms with van der Waals surface area (Å²) in [5.74, 6) is 1.79. The van der Waals surface area contributed by atoms with Gasteiger partial charge in [-0.05, 0) is 44.6 Å². The van der Waals surface area contributed by atoms with Crippen molar-refractivity contribution in [2.24, 2.45) is 0 Å². The summed E-state index contributed by atoms with van der Waals surface area (Å²) in [6, 6.07) is 8.08. The molecule has 1 aromatic rings. The molecule has 0 N–H and O–H groups in total. The molecule has 0 spiro atoms. The first-order valence-electron chi connectivity index (χ1n) is 5.33. The minimum absolute atomic E-state index is 0.887. The summed E-state index contributed by atoms with van der Waals surface area (Å²) in [6.45, 7) is 6.16. The van der Waals surface area contributed by atoms with Crippen LogP contribution in [-0.4, -0.2) is 0 Å². The predicted molar refractivity (Wildman–Crippen MR) is 65.0 cm³/mol. The third-order valence-corrected chi connectivity index (χ3v) is 1.99. The smallest absolute Gasteiger partial charge is 0.127 e. The lowest BCUT2D eigenvalue weighted by Crippen LogP contribution is -1.92. The van der Waals surface area contributed by atoms with E-state index in [9.17, 15) is 0 Å². The number of hydrogen-bond donors (Lipinski definition) is 0. The second-order valence-electron chi connectivity index (χ2n) is 3.43. The van der Waals surface area contributed by atoms with Crippen LogP contribution in [0.2, 0.25) is 0 Å². The van der Waals surface area contributed by atoms with E-state index >= 15 is 0 Å². The zero-order valence-corrected chi connectivity index (χ0v) is 9.66. The molecule has 0 aliphatic carbocycles. The summed E-state index contributed by atoms with van der Waals surface area (Å²) in [7, 11) is 0. The molecule has 0 radical (unpaired) electrons. The number of rotatable bonds is 4. The van der Waals surface area contributed by atoms with Crippen molar-refractivity contribution < 1.29 is 4.74 Å². The summed E-state index contributed by atoms with van der Waals surface area (Å²) in [5.41, 5.74) is 1.24. The molecule has 80 valence electrons. The van der Waals surface area contributed by atoms with Crippen LogP contribution in [-0.2, 0) is 0 Å². The van der Waals surface area contributed by atoms with E-state index in [1.807, 2.05) is 31.2 Å². The molecule has 1 nitrogen and oxygen atoms in total. The monoisotopic (exact) mass is 202 g/mol. The molecule has 0 unspecified atom stereocenters. The largest absolute Gasteiger partial charge is 0.458 e. The second-order valence-corrected chi connectivity index (χ2v) is 3.43. The lowest BCUT2D eigenvalue weighted by Gasteiger charge is -2.06. The summed E-state index contributed by atoms with van der Waals surface area (Å²) in [5, 5.41) is 0. The topological polar surface area (TPSA) is 9.23 Å². The molecule has 0 bridgehead atoms. The second kappa shape index (κ2) is 6.07. The van der Waals surface area contributed by atoms with Gasteiger partial charge < -0.3 is 4.74 Å². The molecular weight excluding hydrogens is 184 g/mol. The SMILES string of the molecule is C/C=C\C(=C/CC)Oc1ccc(C)cc1. The van der Waals surface area contributed by atoms with Crippen LogP contribution < -0.4 is 4.74 Å². The maximum Gasteiger partial charge on any atom is 0.127 e. The van der Waals surface area contributed by atoms with Gasteiger partial charge in [0.25, 0.3) is 0 Å². The van der Waals surface area contributed by atoms with Gasteiger partial charge >= 0.3 is 0 Å². The molecular formula is C14H18O. The fourth-order valence-electron chi connectivity index (χ4n) is 1.25. The highest BCUT2D eigenvalue weighted by Gasteiger charge is 1.95.